The summed E-state index contributed by atoms with van der Waals surface area (Å²) in [7, 11) is 0. The van der Waals surface area contributed by atoms with E-state index in [1.807, 2.05) is 12.2 Å². The molecule has 4 aliphatic rings. The van der Waals surface area contributed by atoms with E-state index in [4.69, 9.17) is 20.7 Å². The minimum atomic E-state index is -2.54. The van der Waals surface area contributed by atoms with E-state index in [9.17, 15) is 58.8 Å². The van der Waals surface area contributed by atoms with Gasteiger partial charge in [0.15, 0.2) is 5.78 Å². The standard InChI is InChI=1S/C35H49N3O15S/c1-33-9-7-17(39)11-16(33)3-4-18-19-8-10-35(52,34(19,2)13-22(40)27(18)33)28(46)32(51)53-31(50)23(12-25(42)43)54-15-21(29(47)37-14-26(44)45)38-24(41)6-5-20(36)30(48)49/h11,18-23,27,32,40,51-52H,3-10,12-15,36H2,1-2H3,(H,37,47)(H,38,41)(H,42,43)(H,44,45)(H,48,49)/t18-,19-,20?,21?,22-,23?,27+,32?,33-,34-,35-/m0/s1. The molecule has 0 aromatic rings. The zero-order chi connectivity index (χ0) is 40.3. The number of esters is 1. The minimum Gasteiger partial charge on any atom is -0.481 e. The Morgan fingerprint density at radius 3 is 2.35 bits per heavy atom. The van der Waals surface area contributed by atoms with Crippen molar-refractivity contribution in [3.8, 4) is 0 Å². The highest BCUT2D eigenvalue weighted by Gasteiger charge is 2.69. The van der Waals surface area contributed by atoms with Crippen LogP contribution in [0.2, 0.25) is 0 Å². The number of allylic oxidation sites excluding steroid dienone is 1. The number of carboxylic acids is 3. The number of aliphatic hydroxyl groups excluding tert-OH is 2. The van der Waals surface area contributed by atoms with Gasteiger partial charge in [0.1, 0.15) is 29.5 Å². The fraction of sp³-hybridized carbons (Fsp3) is 0.714. The van der Waals surface area contributed by atoms with E-state index in [2.05, 4.69) is 5.32 Å². The maximum atomic E-state index is 13.8. The topological polar surface area (TPSA) is 317 Å². The Morgan fingerprint density at radius 2 is 1.72 bits per heavy atom. The van der Waals surface area contributed by atoms with Gasteiger partial charge in [-0.1, -0.05) is 19.4 Å². The lowest BCUT2D eigenvalue weighted by Crippen LogP contribution is -2.63. The highest BCUT2D eigenvalue weighted by Crippen LogP contribution is 2.67. The van der Waals surface area contributed by atoms with E-state index in [0.717, 1.165) is 5.57 Å². The number of carbonyl (C=O) groups is 8. The molecule has 54 heavy (non-hydrogen) atoms. The molecule has 4 rings (SSSR count). The number of aliphatic hydroxyl groups is 3. The fourth-order valence-electron chi connectivity index (χ4n) is 9.27. The zero-order valence-electron chi connectivity index (χ0n) is 30.0. The van der Waals surface area contributed by atoms with E-state index < -0.39 is 113 Å². The van der Waals surface area contributed by atoms with E-state index >= 15 is 0 Å². The lowest BCUT2D eigenvalue weighted by Gasteiger charge is -2.60. The van der Waals surface area contributed by atoms with Crippen LogP contribution < -0.4 is 16.4 Å². The van der Waals surface area contributed by atoms with E-state index in [-0.39, 0.29) is 42.8 Å². The monoisotopic (exact) mass is 783 g/mol. The average Bonchev–Trinajstić information content (AvgIpc) is 3.36. The molecule has 4 aliphatic carbocycles. The van der Waals surface area contributed by atoms with Crippen molar-refractivity contribution in [2.45, 2.75) is 113 Å². The SMILES string of the molecule is C[C@]12CCC(=O)C=C1CC[C@@H]1[C@@H]2[C@@H](O)C[C@@]2(C)[C@H]1CC[C@]2(O)C(=O)C(O)OC(=O)C(CC(=O)O)SCC(NC(=O)CCC(N)C(=O)O)C(=O)NCC(=O)O. The highest BCUT2D eigenvalue weighted by molar-refractivity contribution is 8.00. The summed E-state index contributed by atoms with van der Waals surface area (Å²) in [5.41, 5.74) is 2.50. The van der Waals surface area contributed by atoms with Gasteiger partial charge in [0.25, 0.3) is 6.29 Å². The van der Waals surface area contributed by atoms with Crippen molar-refractivity contribution < 1.29 is 73.7 Å². The second kappa shape index (κ2) is 16.8. The molecule has 4 unspecified atom stereocenters. The molecule has 0 saturated heterocycles. The second-order valence-electron chi connectivity index (χ2n) is 15.3. The van der Waals surface area contributed by atoms with Crippen LogP contribution in [0.1, 0.15) is 78.1 Å². The Hall–Kier alpha value is -3.91. The average molecular weight is 784 g/mol. The summed E-state index contributed by atoms with van der Waals surface area (Å²) >= 11 is 0.483. The van der Waals surface area contributed by atoms with Crippen molar-refractivity contribution in [3.05, 3.63) is 11.6 Å². The van der Waals surface area contributed by atoms with Gasteiger partial charge >= 0.3 is 23.9 Å². The van der Waals surface area contributed by atoms with Gasteiger partial charge in [0.2, 0.25) is 17.6 Å². The molecule has 0 aromatic carbocycles. The summed E-state index contributed by atoms with van der Waals surface area (Å²) in [5, 5.41) is 64.6. The number of fused-ring (bicyclic) bond motifs is 5. The van der Waals surface area contributed by atoms with Gasteiger partial charge in [-0.3, -0.25) is 38.4 Å². The van der Waals surface area contributed by atoms with Gasteiger partial charge in [-0.05, 0) is 74.2 Å². The summed E-state index contributed by atoms with van der Waals surface area (Å²) in [5.74, 6) is -9.91. The van der Waals surface area contributed by atoms with Crippen LogP contribution in [0.4, 0.5) is 0 Å². The summed E-state index contributed by atoms with van der Waals surface area (Å²) in [6, 6.07) is -2.95. The van der Waals surface area contributed by atoms with Crippen molar-refractivity contribution in [1.29, 1.82) is 0 Å². The number of rotatable bonds is 17. The number of thioether (sulfide) groups is 1. The van der Waals surface area contributed by atoms with Crippen LogP contribution in [0.25, 0.3) is 0 Å². The smallest absolute Gasteiger partial charge is 0.322 e. The number of carbonyl (C=O) groups excluding carboxylic acids is 5. The highest BCUT2D eigenvalue weighted by atomic mass is 32.2. The summed E-state index contributed by atoms with van der Waals surface area (Å²) < 4.78 is 5.03. The molecule has 11 atom stereocenters. The zero-order valence-corrected chi connectivity index (χ0v) is 30.8. The summed E-state index contributed by atoms with van der Waals surface area (Å²) in [6.45, 7) is 2.86. The number of ketones is 2. The third-order valence-electron chi connectivity index (χ3n) is 12.1. The third-order valence-corrected chi connectivity index (χ3v) is 13.3. The Bertz CT molecular complexity index is 1590. The molecule has 0 aromatic heterocycles. The Balaban J connectivity index is 1.46. The molecule has 2 amide bonds. The van der Waals surface area contributed by atoms with Gasteiger partial charge in [0, 0.05) is 24.0 Å². The maximum Gasteiger partial charge on any atom is 0.322 e. The van der Waals surface area contributed by atoms with E-state index in [1.165, 1.54) is 0 Å². The molecule has 18 nitrogen and oxygen atoms in total. The first-order chi connectivity index (χ1) is 25.1. The van der Waals surface area contributed by atoms with Crippen LogP contribution in [-0.4, -0.2) is 126 Å². The summed E-state index contributed by atoms with van der Waals surface area (Å²) in [6.07, 6.45) is -1.07. The van der Waals surface area contributed by atoms with Crippen molar-refractivity contribution in [2.24, 2.45) is 34.3 Å². The maximum absolute atomic E-state index is 13.8. The molecule has 300 valence electrons. The molecule has 3 fully saturated rings. The molecule has 0 aliphatic heterocycles. The first kappa shape index (κ1) is 42.8. The van der Waals surface area contributed by atoms with Crippen molar-refractivity contribution in [2.75, 3.05) is 12.3 Å². The van der Waals surface area contributed by atoms with Crippen LogP contribution in [0, 0.1) is 28.6 Å². The van der Waals surface area contributed by atoms with Gasteiger partial charge in [-0.15, -0.1) is 11.8 Å². The lowest BCUT2D eigenvalue weighted by molar-refractivity contribution is -0.204. The Morgan fingerprint density at radius 1 is 1.04 bits per heavy atom. The minimum absolute atomic E-state index is 0.00462. The van der Waals surface area contributed by atoms with E-state index in [0.29, 0.717) is 43.9 Å². The number of Topliss-reactive ketones (excluding diaryl/α,β-unsaturated/α-hetero) is 1. The molecular formula is C35H49N3O15S. The van der Waals surface area contributed by atoms with Gasteiger partial charge in [0.05, 0.1) is 12.5 Å². The largest absolute Gasteiger partial charge is 0.481 e. The number of ether oxygens (including phenoxy) is 1. The van der Waals surface area contributed by atoms with Gasteiger partial charge in [-0.2, -0.15) is 0 Å². The molecular weight excluding hydrogens is 734 g/mol. The number of nitrogens with two attached hydrogens (primary N) is 1. The van der Waals surface area contributed by atoms with Crippen LogP contribution >= 0.6 is 11.8 Å². The quantitative estimate of drug-likeness (QED) is 0.0638. The van der Waals surface area contributed by atoms with Crippen LogP contribution in [-0.2, 0) is 43.1 Å². The molecule has 0 spiro atoms. The molecule has 0 radical (unpaired) electrons. The number of aliphatic carboxylic acids is 3. The van der Waals surface area contributed by atoms with Crippen LogP contribution in [0.15, 0.2) is 11.6 Å². The number of hydrogen-bond donors (Lipinski definition) is 9. The number of nitrogens with one attached hydrogen (secondary N) is 2. The van der Waals surface area contributed by atoms with Crippen molar-refractivity contribution >= 4 is 59.0 Å². The number of amides is 2. The predicted molar refractivity (Wildman–Crippen MR) is 186 cm³/mol. The summed E-state index contributed by atoms with van der Waals surface area (Å²) in [4.78, 5) is 98.2. The van der Waals surface area contributed by atoms with Crippen LogP contribution in [0.5, 0.6) is 0 Å². The first-order valence-corrected chi connectivity index (χ1v) is 18.9. The third kappa shape index (κ3) is 8.80. The Labute approximate surface area is 314 Å². The molecule has 3 saturated carbocycles. The number of hydrogen-bond acceptors (Lipinski definition) is 14. The second-order valence-corrected chi connectivity index (χ2v) is 16.5. The van der Waals surface area contributed by atoms with Gasteiger partial charge < -0.3 is 51.7 Å². The normalized spacial score (nSPS) is 32.3. The first-order valence-electron chi connectivity index (χ1n) is 17.8. The number of carboxylic acid groups (broad SMARTS) is 3. The lowest BCUT2D eigenvalue weighted by atomic mass is 9.45. The molecule has 0 bridgehead atoms. The predicted octanol–water partition coefficient (Wildman–Crippen LogP) is -0.895. The van der Waals surface area contributed by atoms with Crippen molar-refractivity contribution in [3.63, 3.8) is 0 Å². The molecule has 0 heterocycles. The molecule has 10 N–H and O–H groups in total. The fourth-order valence-corrected chi connectivity index (χ4v) is 10.4. The molecule has 19 heteroatoms. The van der Waals surface area contributed by atoms with Crippen molar-refractivity contribution in [1.82, 2.24) is 10.6 Å². The Kier molecular flexibility index (Phi) is 13.4. The van der Waals surface area contributed by atoms with E-state index in [1.54, 1.807) is 13.0 Å². The van der Waals surface area contributed by atoms with Crippen LogP contribution in [0.3, 0.4) is 0 Å². The van der Waals surface area contributed by atoms with Gasteiger partial charge in [-0.25, -0.2) is 0 Å².